The van der Waals surface area contributed by atoms with Gasteiger partial charge in [-0.15, -0.1) is 11.3 Å². The Balaban J connectivity index is 1.93. The summed E-state index contributed by atoms with van der Waals surface area (Å²) >= 11 is 1.72. The van der Waals surface area contributed by atoms with Crippen molar-refractivity contribution in [2.75, 3.05) is 40.3 Å². The number of rotatable bonds is 6. The molecular weight excluding hydrogens is 390 g/mol. The normalized spacial score (nSPS) is 17.2. The van der Waals surface area contributed by atoms with Gasteiger partial charge in [-0.2, -0.15) is 0 Å². The first-order chi connectivity index (χ1) is 13.6. The van der Waals surface area contributed by atoms with E-state index in [1.807, 2.05) is 26.8 Å². The van der Waals surface area contributed by atoms with Crippen molar-refractivity contribution in [2.45, 2.75) is 45.3 Å². The number of ether oxygens (including phenoxy) is 1. The van der Waals surface area contributed by atoms with Crippen molar-refractivity contribution in [3.63, 3.8) is 0 Å². The highest BCUT2D eigenvalue weighted by molar-refractivity contribution is 7.09. The van der Waals surface area contributed by atoms with E-state index in [-0.39, 0.29) is 18.5 Å². The molecule has 1 atom stereocenters. The number of thiophene rings is 1. The molecule has 29 heavy (non-hydrogen) atoms. The molecule has 1 aliphatic heterocycles. The zero-order valence-electron chi connectivity index (χ0n) is 18.0. The highest BCUT2D eigenvalue weighted by atomic mass is 32.1. The van der Waals surface area contributed by atoms with Crippen LogP contribution in [0.1, 0.15) is 32.1 Å². The second-order valence-electron chi connectivity index (χ2n) is 8.26. The zero-order chi connectivity index (χ0) is 21.4. The number of aliphatic imine (C=N–C) groups is 1. The standard InChI is InChI=1S/C20H33N5O3S/c1-20(2,3)28-19(27)23-15-9-11-25(14-15)18(22-13-17(26)24(4)5)21-10-8-16-7-6-12-29-16/h6-7,12,15H,8-11,13-14H2,1-5H3,(H,21,22)(H,23,27). The van der Waals surface area contributed by atoms with Gasteiger partial charge in [0.25, 0.3) is 0 Å². The molecule has 0 radical (unpaired) electrons. The van der Waals surface area contributed by atoms with E-state index in [9.17, 15) is 9.59 Å². The first kappa shape index (κ1) is 23.0. The second kappa shape index (κ2) is 10.5. The topological polar surface area (TPSA) is 86.3 Å². The van der Waals surface area contributed by atoms with Gasteiger partial charge in [-0.3, -0.25) is 4.79 Å². The molecule has 0 aliphatic carbocycles. The Morgan fingerprint density at radius 1 is 1.38 bits per heavy atom. The van der Waals surface area contributed by atoms with Crippen LogP contribution in [0.25, 0.3) is 0 Å². The summed E-state index contributed by atoms with van der Waals surface area (Å²) in [6, 6.07) is 4.13. The summed E-state index contributed by atoms with van der Waals surface area (Å²) in [5.41, 5.74) is -0.523. The molecule has 1 saturated heterocycles. The van der Waals surface area contributed by atoms with Crippen LogP contribution in [0.4, 0.5) is 4.79 Å². The molecular formula is C20H33N5O3S. The number of alkyl carbamates (subject to hydrolysis) is 1. The van der Waals surface area contributed by atoms with Gasteiger partial charge in [-0.25, -0.2) is 9.79 Å². The van der Waals surface area contributed by atoms with E-state index >= 15 is 0 Å². The average Bonchev–Trinajstić information content (AvgIpc) is 3.27. The van der Waals surface area contributed by atoms with E-state index in [2.05, 4.69) is 32.0 Å². The molecule has 2 N–H and O–H groups in total. The van der Waals surface area contributed by atoms with Crippen LogP contribution in [-0.4, -0.2) is 79.7 Å². The number of amides is 2. The summed E-state index contributed by atoms with van der Waals surface area (Å²) in [6.45, 7) is 7.74. The van der Waals surface area contributed by atoms with Gasteiger partial charge in [-0.1, -0.05) is 6.07 Å². The van der Waals surface area contributed by atoms with Crippen molar-refractivity contribution in [3.05, 3.63) is 22.4 Å². The van der Waals surface area contributed by atoms with Gasteiger partial charge in [0.1, 0.15) is 12.1 Å². The first-order valence-electron chi connectivity index (χ1n) is 9.89. The lowest BCUT2D eigenvalue weighted by Gasteiger charge is -2.24. The molecule has 2 rings (SSSR count). The van der Waals surface area contributed by atoms with E-state index in [0.29, 0.717) is 12.5 Å². The Hall–Kier alpha value is -2.29. The zero-order valence-corrected chi connectivity index (χ0v) is 18.8. The van der Waals surface area contributed by atoms with Crippen LogP contribution in [0, 0.1) is 0 Å². The van der Waals surface area contributed by atoms with Crippen molar-refractivity contribution >= 4 is 29.3 Å². The van der Waals surface area contributed by atoms with Gasteiger partial charge in [0.15, 0.2) is 5.96 Å². The monoisotopic (exact) mass is 423 g/mol. The number of likely N-dealkylation sites (tertiary alicyclic amines) is 1. The largest absolute Gasteiger partial charge is 0.444 e. The molecule has 1 aromatic heterocycles. The average molecular weight is 424 g/mol. The lowest BCUT2D eigenvalue weighted by molar-refractivity contribution is -0.127. The van der Waals surface area contributed by atoms with Gasteiger partial charge < -0.3 is 25.2 Å². The molecule has 2 amide bonds. The number of carbonyl (C=O) groups is 2. The number of nitrogens with one attached hydrogen (secondary N) is 2. The minimum Gasteiger partial charge on any atom is -0.444 e. The maximum Gasteiger partial charge on any atom is 0.407 e. The van der Waals surface area contributed by atoms with Gasteiger partial charge >= 0.3 is 6.09 Å². The Morgan fingerprint density at radius 3 is 2.76 bits per heavy atom. The highest BCUT2D eigenvalue weighted by Gasteiger charge is 2.28. The molecule has 1 unspecified atom stereocenters. The molecule has 0 saturated carbocycles. The van der Waals surface area contributed by atoms with Crippen LogP contribution in [0.5, 0.6) is 0 Å². The highest BCUT2D eigenvalue weighted by Crippen LogP contribution is 2.13. The molecule has 8 nitrogen and oxygen atoms in total. The van der Waals surface area contributed by atoms with Gasteiger partial charge in [0.05, 0.1) is 6.04 Å². The molecule has 2 heterocycles. The Morgan fingerprint density at radius 2 is 2.14 bits per heavy atom. The van der Waals surface area contributed by atoms with Crippen LogP contribution in [-0.2, 0) is 16.0 Å². The fourth-order valence-electron chi connectivity index (χ4n) is 2.85. The Labute approximate surface area is 177 Å². The number of hydrogen-bond donors (Lipinski definition) is 2. The lowest BCUT2D eigenvalue weighted by Crippen LogP contribution is -2.45. The molecule has 1 aliphatic rings. The molecule has 0 bridgehead atoms. The van der Waals surface area contributed by atoms with E-state index in [1.165, 1.54) is 9.78 Å². The fraction of sp³-hybridized carbons (Fsp3) is 0.650. The van der Waals surface area contributed by atoms with Crippen LogP contribution < -0.4 is 10.6 Å². The third kappa shape index (κ3) is 8.31. The van der Waals surface area contributed by atoms with Crippen LogP contribution >= 0.6 is 11.3 Å². The van der Waals surface area contributed by atoms with Crippen molar-refractivity contribution in [1.29, 1.82) is 0 Å². The summed E-state index contributed by atoms with van der Waals surface area (Å²) in [5, 5.41) is 8.36. The summed E-state index contributed by atoms with van der Waals surface area (Å²) < 4.78 is 5.34. The van der Waals surface area contributed by atoms with Gasteiger partial charge in [-0.05, 0) is 45.1 Å². The van der Waals surface area contributed by atoms with Gasteiger partial charge in [0, 0.05) is 38.6 Å². The summed E-state index contributed by atoms with van der Waals surface area (Å²) in [4.78, 5) is 33.4. The summed E-state index contributed by atoms with van der Waals surface area (Å²) in [5.74, 6) is 0.649. The summed E-state index contributed by atoms with van der Waals surface area (Å²) in [7, 11) is 3.44. The minimum absolute atomic E-state index is 0.0151. The van der Waals surface area contributed by atoms with Crippen molar-refractivity contribution in [1.82, 2.24) is 20.4 Å². The quantitative estimate of drug-likeness (QED) is 0.539. The predicted octanol–water partition coefficient (Wildman–Crippen LogP) is 1.92. The van der Waals surface area contributed by atoms with Gasteiger partial charge in [0.2, 0.25) is 5.91 Å². The lowest BCUT2D eigenvalue weighted by atomic mass is 10.2. The fourth-order valence-corrected chi connectivity index (χ4v) is 3.56. The van der Waals surface area contributed by atoms with E-state index in [4.69, 9.17) is 4.74 Å². The smallest absolute Gasteiger partial charge is 0.407 e. The Kier molecular flexibility index (Phi) is 8.31. The SMILES string of the molecule is CN(C)C(=O)CN=C(NCCc1cccs1)N1CCC(NC(=O)OC(C)(C)C)C1. The first-order valence-corrected chi connectivity index (χ1v) is 10.8. The van der Waals surface area contributed by atoms with Crippen molar-refractivity contribution in [2.24, 2.45) is 4.99 Å². The second-order valence-corrected chi connectivity index (χ2v) is 9.29. The molecule has 0 aromatic carbocycles. The van der Waals surface area contributed by atoms with E-state index in [0.717, 1.165) is 25.9 Å². The number of likely N-dealkylation sites (N-methyl/N-ethyl adjacent to an activating group) is 1. The van der Waals surface area contributed by atoms with Crippen molar-refractivity contribution < 1.29 is 14.3 Å². The molecule has 1 aromatic rings. The molecule has 9 heteroatoms. The predicted molar refractivity (Wildman–Crippen MR) is 116 cm³/mol. The maximum atomic E-state index is 12.0. The Bertz CT molecular complexity index is 697. The molecule has 0 spiro atoms. The number of hydrogen-bond acceptors (Lipinski definition) is 5. The third-order valence-electron chi connectivity index (χ3n) is 4.31. The van der Waals surface area contributed by atoms with E-state index < -0.39 is 11.7 Å². The van der Waals surface area contributed by atoms with Crippen molar-refractivity contribution in [3.8, 4) is 0 Å². The number of carbonyl (C=O) groups excluding carboxylic acids is 2. The van der Waals surface area contributed by atoms with E-state index in [1.54, 1.807) is 25.4 Å². The van der Waals surface area contributed by atoms with Crippen LogP contribution in [0.3, 0.4) is 0 Å². The number of nitrogens with zero attached hydrogens (tertiary/aromatic N) is 3. The minimum atomic E-state index is -0.523. The maximum absolute atomic E-state index is 12.0. The summed E-state index contributed by atoms with van der Waals surface area (Å²) in [6.07, 6.45) is 1.29. The number of guanidine groups is 1. The van der Waals surface area contributed by atoms with Crippen LogP contribution in [0.15, 0.2) is 22.5 Å². The third-order valence-corrected chi connectivity index (χ3v) is 5.24. The molecule has 162 valence electrons. The van der Waals surface area contributed by atoms with Crippen LogP contribution in [0.2, 0.25) is 0 Å². The molecule has 1 fully saturated rings.